The van der Waals surface area contributed by atoms with Crippen LogP contribution in [0, 0.1) is 11.8 Å². The predicted octanol–water partition coefficient (Wildman–Crippen LogP) is -0.281. The highest BCUT2D eigenvalue weighted by Gasteiger charge is 2.51. The van der Waals surface area contributed by atoms with Crippen molar-refractivity contribution in [2.45, 2.75) is 38.8 Å². The summed E-state index contributed by atoms with van der Waals surface area (Å²) in [6.07, 6.45) is -1.60. The van der Waals surface area contributed by atoms with Gasteiger partial charge in [-0.3, -0.25) is 0 Å². The highest BCUT2D eigenvalue weighted by Crippen LogP contribution is 2.41. The van der Waals surface area contributed by atoms with Crippen LogP contribution in [0.15, 0.2) is 0 Å². The van der Waals surface area contributed by atoms with E-state index in [1.807, 2.05) is 0 Å². The molecule has 1 saturated heterocycles. The van der Waals surface area contributed by atoms with Crippen LogP contribution in [0.25, 0.3) is 0 Å². The molecule has 1 aliphatic heterocycles. The number of ether oxygens (including phenoxy) is 1. The summed E-state index contributed by atoms with van der Waals surface area (Å²) in [7, 11) is 0. The monoisotopic (exact) mass is 190 g/mol. The minimum Gasteiger partial charge on any atom is -0.396 e. The van der Waals surface area contributed by atoms with E-state index in [4.69, 9.17) is 9.84 Å². The van der Waals surface area contributed by atoms with Gasteiger partial charge < -0.3 is 20.1 Å². The van der Waals surface area contributed by atoms with Gasteiger partial charge in [0.25, 0.3) is 0 Å². The van der Waals surface area contributed by atoms with E-state index in [0.717, 1.165) is 0 Å². The molecule has 1 heterocycles. The van der Waals surface area contributed by atoms with Crippen molar-refractivity contribution in [1.29, 1.82) is 0 Å². The number of aliphatic hydroxyl groups excluding tert-OH is 3. The third kappa shape index (κ3) is 1.59. The summed E-state index contributed by atoms with van der Waals surface area (Å²) in [5.41, 5.74) is -0.840. The lowest BCUT2D eigenvalue weighted by Gasteiger charge is -2.32. The second-order valence-electron chi connectivity index (χ2n) is 4.02. The predicted molar refractivity (Wildman–Crippen MR) is 46.9 cm³/mol. The lowest BCUT2D eigenvalue weighted by Crippen LogP contribution is -2.45. The molecular weight excluding hydrogens is 172 g/mol. The molecular formula is C9H18O4. The Kier molecular flexibility index (Phi) is 2.97. The van der Waals surface area contributed by atoms with Crippen molar-refractivity contribution in [3.63, 3.8) is 0 Å². The van der Waals surface area contributed by atoms with Gasteiger partial charge in [0.15, 0.2) is 6.29 Å². The molecule has 78 valence electrons. The van der Waals surface area contributed by atoms with Gasteiger partial charge in [-0.25, -0.2) is 0 Å². The average Bonchev–Trinajstić information content (AvgIpc) is 2.25. The van der Waals surface area contributed by atoms with Crippen LogP contribution < -0.4 is 0 Å². The lowest BCUT2D eigenvalue weighted by molar-refractivity contribution is -0.178. The Morgan fingerprint density at radius 2 is 2.08 bits per heavy atom. The van der Waals surface area contributed by atoms with E-state index in [9.17, 15) is 10.2 Å². The standard InChI is InChI=1S/C9H18O4/c1-5-7(4-10)9(3,6(2)11)13-8(5)12/h5-8,10-12H,4H2,1-3H3. The van der Waals surface area contributed by atoms with E-state index in [-0.39, 0.29) is 18.4 Å². The van der Waals surface area contributed by atoms with Crippen molar-refractivity contribution in [2.75, 3.05) is 6.61 Å². The first-order valence-electron chi connectivity index (χ1n) is 4.58. The molecule has 0 aromatic rings. The van der Waals surface area contributed by atoms with E-state index in [2.05, 4.69) is 0 Å². The van der Waals surface area contributed by atoms with Gasteiger partial charge in [0.05, 0.1) is 11.7 Å². The molecule has 0 saturated carbocycles. The number of hydrogen-bond acceptors (Lipinski definition) is 4. The van der Waals surface area contributed by atoms with Gasteiger partial charge in [0.1, 0.15) is 0 Å². The molecule has 3 N–H and O–H groups in total. The number of aliphatic hydroxyl groups is 3. The average molecular weight is 190 g/mol. The fourth-order valence-electron chi connectivity index (χ4n) is 1.93. The molecule has 1 fully saturated rings. The van der Waals surface area contributed by atoms with Gasteiger partial charge in [-0.1, -0.05) is 6.92 Å². The number of rotatable bonds is 2. The first-order chi connectivity index (χ1) is 5.93. The normalized spacial score (nSPS) is 48.0. The van der Waals surface area contributed by atoms with Gasteiger partial charge in [-0.2, -0.15) is 0 Å². The van der Waals surface area contributed by atoms with Gasteiger partial charge >= 0.3 is 0 Å². The quantitative estimate of drug-likeness (QED) is 0.560. The summed E-state index contributed by atoms with van der Waals surface area (Å²) in [6.45, 7) is 5.04. The zero-order valence-electron chi connectivity index (χ0n) is 8.27. The van der Waals surface area contributed by atoms with Crippen molar-refractivity contribution in [3.8, 4) is 0 Å². The second kappa shape index (κ2) is 3.53. The molecule has 1 rings (SSSR count). The van der Waals surface area contributed by atoms with Crippen LogP contribution in [0.4, 0.5) is 0 Å². The Labute approximate surface area is 78.1 Å². The molecule has 0 aliphatic carbocycles. The smallest absolute Gasteiger partial charge is 0.158 e. The van der Waals surface area contributed by atoms with Crippen LogP contribution in [0.3, 0.4) is 0 Å². The van der Waals surface area contributed by atoms with Crippen LogP contribution in [0.5, 0.6) is 0 Å². The maximum Gasteiger partial charge on any atom is 0.158 e. The third-order valence-electron chi connectivity index (χ3n) is 3.22. The first kappa shape index (κ1) is 10.9. The molecule has 0 bridgehead atoms. The lowest BCUT2D eigenvalue weighted by atomic mass is 9.80. The molecule has 5 atom stereocenters. The van der Waals surface area contributed by atoms with Gasteiger partial charge in [-0.15, -0.1) is 0 Å². The van der Waals surface area contributed by atoms with Crippen LogP contribution in [-0.4, -0.2) is 39.9 Å². The first-order valence-corrected chi connectivity index (χ1v) is 4.58. The van der Waals surface area contributed by atoms with E-state index < -0.39 is 18.0 Å². The zero-order valence-corrected chi connectivity index (χ0v) is 8.27. The highest BCUT2D eigenvalue weighted by atomic mass is 16.6. The molecule has 0 spiro atoms. The molecule has 0 aromatic heterocycles. The molecule has 1 aliphatic rings. The van der Waals surface area contributed by atoms with Crippen LogP contribution in [0.2, 0.25) is 0 Å². The maximum absolute atomic E-state index is 9.50. The molecule has 0 amide bonds. The van der Waals surface area contributed by atoms with Crippen LogP contribution in [0.1, 0.15) is 20.8 Å². The summed E-state index contributed by atoms with van der Waals surface area (Å²) in [4.78, 5) is 0. The molecule has 0 radical (unpaired) electrons. The van der Waals surface area contributed by atoms with Crippen molar-refractivity contribution in [2.24, 2.45) is 11.8 Å². The summed E-state index contributed by atoms with van der Waals surface area (Å²) in [5, 5.41) is 28.1. The molecule has 0 aromatic carbocycles. The Bertz CT molecular complexity index is 182. The third-order valence-corrected chi connectivity index (χ3v) is 3.22. The van der Waals surface area contributed by atoms with Gasteiger partial charge in [-0.05, 0) is 13.8 Å². The molecule has 13 heavy (non-hydrogen) atoms. The summed E-state index contributed by atoms with van der Waals surface area (Å²) in [5.74, 6) is -0.368. The van der Waals surface area contributed by atoms with Crippen molar-refractivity contribution in [1.82, 2.24) is 0 Å². The van der Waals surface area contributed by atoms with Gasteiger partial charge in [0, 0.05) is 18.4 Å². The van der Waals surface area contributed by atoms with Crippen LogP contribution in [-0.2, 0) is 4.74 Å². The Balaban J connectivity index is 2.87. The Hall–Kier alpha value is -0.160. The van der Waals surface area contributed by atoms with E-state index in [0.29, 0.717) is 0 Å². The second-order valence-corrected chi connectivity index (χ2v) is 4.02. The largest absolute Gasteiger partial charge is 0.396 e. The Morgan fingerprint density at radius 3 is 2.38 bits per heavy atom. The van der Waals surface area contributed by atoms with E-state index >= 15 is 0 Å². The fraction of sp³-hybridized carbons (Fsp3) is 1.00. The summed E-state index contributed by atoms with van der Waals surface area (Å²) in [6, 6.07) is 0. The minimum absolute atomic E-state index is 0.0837. The van der Waals surface area contributed by atoms with E-state index in [1.54, 1.807) is 20.8 Å². The summed E-state index contributed by atoms with van der Waals surface area (Å²) < 4.78 is 5.27. The van der Waals surface area contributed by atoms with Crippen LogP contribution >= 0.6 is 0 Å². The van der Waals surface area contributed by atoms with Crippen molar-refractivity contribution < 1.29 is 20.1 Å². The topological polar surface area (TPSA) is 69.9 Å². The van der Waals surface area contributed by atoms with Crippen molar-refractivity contribution >= 4 is 0 Å². The van der Waals surface area contributed by atoms with Gasteiger partial charge in [0.2, 0.25) is 0 Å². The minimum atomic E-state index is -0.892. The fourth-order valence-corrected chi connectivity index (χ4v) is 1.93. The van der Waals surface area contributed by atoms with E-state index in [1.165, 1.54) is 0 Å². The molecule has 4 heteroatoms. The Morgan fingerprint density at radius 1 is 1.54 bits per heavy atom. The molecule has 4 nitrogen and oxygen atoms in total. The molecule has 5 unspecified atom stereocenters. The summed E-state index contributed by atoms with van der Waals surface area (Å²) >= 11 is 0. The van der Waals surface area contributed by atoms with Crippen molar-refractivity contribution in [3.05, 3.63) is 0 Å². The maximum atomic E-state index is 9.50. The highest BCUT2D eigenvalue weighted by molar-refractivity contribution is 4.97. The SMILES string of the molecule is CC1C(O)OC(C)(C(C)O)C1CO. The zero-order chi connectivity index (χ0) is 10.2. The number of hydrogen-bond donors (Lipinski definition) is 3.